The number of quaternary nitrogens is 1. The largest absolute Gasteiger partial charge is 1.00 e. The van der Waals surface area contributed by atoms with Crippen molar-refractivity contribution >= 4 is 5.69 Å². The average molecular weight is 489 g/mol. The molecule has 1 aliphatic carbocycles. The summed E-state index contributed by atoms with van der Waals surface area (Å²) in [6.07, 6.45) is 5.99. The quantitative estimate of drug-likeness (QED) is 0.477. The number of anilines is 1. The van der Waals surface area contributed by atoms with E-state index < -0.39 is 0 Å². The van der Waals surface area contributed by atoms with Gasteiger partial charge in [-0.3, -0.25) is 4.48 Å². The van der Waals surface area contributed by atoms with Crippen LogP contribution in [0.3, 0.4) is 0 Å². The van der Waals surface area contributed by atoms with Crippen LogP contribution >= 0.6 is 0 Å². The highest BCUT2D eigenvalue weighted by molar-refractivity contribution is 5.66. The number of benzene rings is 1. The Bertz CT molecular complexity index is 916. The van der Waals surface area contributed by atoms with Crippen molar-refractivity contribution in [3.63, 3.8) is 0 Å². The molecule has 5 heterocycles. The molecule has 1 aromatic carbocycles. The molecular formula is C26H37BrN2O2. The molecule has 5 bridgehead atoms. The van der Waals surface area contributed by atoms with Crippen molar-refractivity contribution in [2.45, 2.75) is 82.3 Å². The first-order chi connectivity index (χ1) is 14.4. The van der Waals surface area contributed by atoms with E-state index in [2.05, 4.69) is 63.1 Å². The van der Waals surface area contributed by atoms with E-state index in [1.54, 1.807) is 0 Å². The minimum atomic E-state index is -0.293. The third kappa shape index (κ3) is 2.32. The van der Waals surface area contributed by atoms with Gasteiger partial charge in [0.1, 0.15) is 6.04 Å². The van der Waals surface area contributed by atoms with Crippen LogP contribution in [0, 0.1) is 17.8 Å². The van der Waals surface area contributed by atoms with E-state index in [9.17, 15) is 10.2 Å². The van der Waals surface area contributed by atoms with Crippen LogP contribution < -0.4 is 21.9 Å². The third-order valence-electron chi connectivity index (χ3n) is 10.2. The summed E-state index contributed by atoms with van der Waals surface area (Å²) in [5.41, 5.74) is 3.88. The van der Waals surface area contributed by atoms with E-state index in [0.717, 1.165) is 36.7 Å². The SMILES string of the molecule is CC[C@H]1[C@@H]2CC3[C@@H]4N(C)c5ccccc5C45C[C@@H](C2[C@@H]5O)[N+]3(CCC=C(C)C)[C@@H]1O.[Br-]. The summed E-state index contributed by atoms with van der Waals surface area (Å²) >= 11 is 0. The lowest BCUT2D eigenvalue weighted by atomic mass is 9.60. The molecule has 31 heavy (non-hydrogen) atoms. The maximum absolute atomic E-state index is 12.0. The number of aliphatic hydroxyl groups excluding tert-OH is 2. The van der Waals surface area contributed by atoms with E-state index >= 15 is 0 Å². The van der Waals surface area contributed by atoms with Gasteiger partial charge in [-0.05, 0) is 37.8 Å². The molecule has 5 aliphatic heterocycles. The fraction of sp³-hybridized carbons (Fsp3) is 0.692. The highest BCUT2D eigenvalue weighted by Crippen LogP contribution is 2.71. The fourth-order valence-corrected chi connectivity index (χ4v) is 9.42. The molecule has 10 atom stereocenters. The van der Waals surface area contributed by atoms with Crippen molar-refractivity contribution < 1.29 is 31.7 Å². The van der Waals surface area contributed by atoms with Crippen LogP contribution in [-0.4, -0.2) is 58.7 Å². The molecule has 7 rings (SSSR count). The molecule has 1 aromatic rings. The third-order valence-corrected chi connectivity index (χ3v) is 10.2. The summed E-state index contributed by atoms with van der Waals surface area (Å²) < 4.78 is 0.839. The number of rotatable bonds is 4. The predicted molar refractivity (Wildman–Crippen MR) is 119 cm³/mol. The summed E-state index contributed by atoms with van der Waals surface area (Å²) in [5.74, 6) is 1.10. The second-order valence-corrected chi connectivity index (χ2v) is 11.1. The Morgan fingerprint density at radius 3 is 2.68 bits per heavy atom. The molecule has 6 aliphatic rings. The maximum atomic E-state index is 12.0. The number of allylic oxidation sites excluding steroid dienone is 1. The Morgan fingerprint density at radius 1 is 1.23 bits per heavy atom. The normalized spacial score (nSPS) is 47.7. The Morgan fingerprint density at radius 2 is 1.97 bits per heavy atom. The Hall–Kier alpha value is -0.880. The molecule has 5 fully saturated rings. The van der Waals surface area contributed by atoms with Gasteiger partial charge in [0.05, 0.1) is 30.1 Å². The van der Waals surface area contributed by atoms with Gasteiger partial charge >= 0.3 is 0 Å². The standard InChI is InChI=1S/C26H37N2O2.BrH/c1-5-16-17-13-20-23-26(18-10-6-7-11-19(18)27(23)4)14-21(22(17)24(26)29)28(20,25(16)30)12-8-9-15(2)3;/h6-7,9-11,16-17,20-25,29-30H,5,8,12-14H2,1-4H3;1H/q+1;/p-1/t16-,17-,20?,21-,22?,23-,24-,25+,26?,28?;/m0./s1. The zero-order valence-corrected chi connectivity index (χ0v) is 20.8. The number of hydrogen-bond acceptors (Lipinski definition) is 3. The first-order valence-corrected chi connectivity index (χ1v) is 12.1. The zero-order chi connectivity index (χ0) is 21.0. The molecule has 1 saturated carbocycles. The summed E-state index contributed by atoms with van der Waals surface area (Å²) in [5, 5.41) is 23.9. The van der Waals surface area contributed by atoms with E-state index in [1.807, 2.05) is 0 Å². The highest BCUT2D eigenvalue weighted by Gasteiger charge is 2.82. The molecular weight excluding hydrogens is 452 g/mol. The van der Waals surface area contributed by atoms with Gasteiger partial charge in [-0.15, -0.1) is 0 Å². The monoisotopic (exact) mass is 488 g/mol. The Labute approximate surface area is 197 Å². The van der Waals surface area contributed by atoms with Crippen molar-refractivity contribution in [2.75, 3.05) is 18.5 Å². The Balaban J connectivity index is 0.00000204. The van der Waals surface area contributed by atoms with Gasteiger partial charge in [0.25, 0.3) is 0 Å². The number of fused-ring (bicyclic) bond motifs is 2. The first kappa shape index (κ1) is 21.9. The van der Waals surface area contributed by atoms with Gasteiger partial charge in [0.2, 0.25) is 0 Å². The highest BCUT2D eigenvalue weighted by atomic mass is 79.9. The average Bonchev–Trinajstić information content (AvgIpc) is 3.11. The van der Waals surface area contributed by atoms with Gasteiger partial charge in [-0.25, -0.2) is 0 Å². The summed E-state index contributed by atoms with van der Waals surface area (Å²) in [6.45, 7) is 7.59. The molecule has 5 heteroatoms. The van der Waals surface area contributed by atoms with Crippen LogP contribution in [0.1, 0.15) is 52.0 Å². The lowest BCUT2D eigenvalue weighted by Gasteiger charge is -2.68. The Kier molecular flexibility index (Phi) is 4.99. The van der Waals surface area contributed by atoms with E-state index in [1.165, 1.54) is 16.8 Å². The maximum Gasteiger partial charge on any atom is 0.194 e. The van der Waals surface area contributed by atoms with Crippen molar-refractivity contribution in [3.8, 4) is 0 Å². The minimum absolute atomic E-state index is 0. The van der Waals surface area contributed by atoms with E-state index in [0.29, 0.717) is 29.8 Å². The molecule has 0 amide bonds. The van der Waals surface area contributed by atoms with Gasteiger partial charge < -0.3 is 32.1 Å². The molecule has 4 nitrogen and oxygen atoms in total. The lowest BCUT2D eigenvalue weighted by Crippen LogP contribution is -3.00. The molecule has 170 valence electrons. The smallest absolute Gasteiger partial charge is 0.194 e. The second-order valence-electron chi connectivity index (χ2n) is 11.1. The second kappa shape index (κ2) is 7.06. The topological polar surface area (TPSA) is 43.7 Å². The molecule has 0 radical (unpaired) electrons. The summed E-state index contributed by atoms with van der Waals surface area (Å²) in [4.78, 5) is 2.48. The van der Waals surface area contributed by atoms with Gasteiger partial charge in [-0.1, -0.05) is 36.8 Å². The van der Waals surface area contributed by atoms with Crippen molar-refractivity contribution in [1.29, 1.82) is 0 Å². The predicted octanol–water partition coefficient (Wildman–Crippen LogP) is 0.430. The zero-order valence-electron chi connectivity index (χ0n) is 19.2. The summed E-state index contributed by atoms with van der Waals surface area (Å²) in [6, 6.07) is 9.89. The van der Waals surface area contributed by atoms with Crippen LogP contribution in [-0.2, 0) is 5.41 Å². The first-order valence-electron chi connectivity index (χ1n) is 12.1. The van der Waals surface area contributed by atoms with Crippen molar-refractivity contribution in [1.82, 2.24) is 0 Å². The van der Waals surface area contributed by atoms with E-state index in [-0.39, 0.29) is 40.8 Å². The number of halogens is 1. The molecule has 1 spiro atoms. The van der Waals surface area contributed by atoms with Crippen LogP contribution in [0.15, 0.2) is 35.9 Å². The van der Waals surface area contributed by atoms with Gasteiger partial charge in [0, 0.05) is 43.8 Å². The van der Waals surface area contributed by atoms with Crippen LogP contribution in [0.4, 0.5) is 5.69 Å². The van der Waals surface area contributed by atoms with Crippen LogP contribution in [0.5, 0.6) is 0 Å². The van der Waals surface area contributed by atoms with Crippen molar-refractivity contribution in [3.05, 3.63) is 41.5 Å². The van der Waals surface area contributed by atoms with Crippen LogP contribution in [0.2, 0.25) is 0 Å². The number of nitrogens with zero attached hydrogens (tertiary/aromatic N) is 2. The number of aliphatic hydroxyl groups is 2. The summed E-state index contributed by atoms with van der Waals surface area (Å²) in [7, 11) is 2.24. The van der Waals surface area contributed by atoms with Gasteiger partial charge in [0.15, 0.2) is 6.23 Å². The molecule has 0 aromatic heterocycles. The number of likely N-dealkylation sites (N-methyl/N-ethyl adjacent to an activating group) is 1. The van der Waals surface area contributed by atoms with E-state index in [4.69, 9.17) is 0 Å². The van der Waals surface area contributed by atoms with Crippen LogP contribution in [0.25, 0.3) is 0 Å². The van der Waals surface area contributed by atoms with Crippen molar-refractivity contribution in [2.24, 2.45) is 17.8 Å². The molecule has 4 unspecified atom stereocenters. The lowest BCUT2D eigenvalue weighted by molar-refractivity contribution is -1.04. The number of para-hydroxylation sites is 1. The minimum Gasteiger partial charge on any atom is -1.00 e. The molecule has 2 N–H and O–H groups in total. The molecule has 4 saturated heterocycles. The van der Waals surface area contributed by atoms with Gasteiger partial charge in [-0.2, -0.15) is 0 Å². The number of piperidine rings is 4. The fourth-order valence-electron chi connectivity index (χ4n) is 9.42. The number of hydrogen-bond donors (Lipinski definition) is 2.